The molecule has 0 saturated heterocycles. The lowest BCUT2D eigenvalue weighted by Crippen LogP contribution is -1.97. The van der Waals surface area contributed by atoms with Crippen LogP contribution in [0.3, 0.4) is 0 Å². The van der Waals surface area contributed by atoms with Crippen LogP contribution in [0.4, 0.5) is 0 Å². The summed E-state index contributed by atoms with van der Waals surface area (Å²) in [5, 5.41) is 15.2. The van der Waals surface area contributed by atoms with E-state index in [9.17, 15) is 0 Å². The maximum atomic E-state index is 4.68. The molecule has 6 heteroatoms. The SMILES string of the molecule is CC(C)c1nnc2sc(-c3c[nH]c4ccccc34)nn12. The number of hydrogen-bond donors (Lipinski definition) is 1. The lowest BCUT2D eigenvalue weighted by Gasteiger charge is -1.97. The summed E-state index contributed by atoms with van der Waals surface area (Å²) in [4.78, 5) is 4.12. The van der Waals surface area contributed by atoms with Crippen LogP contribution in [0.25, 0.3) is 26.4 Å². The van der Waals surface area contributed by atoms with Gasteiger partial charge in [-0.3, -0.25) is 0 Å². The van der Waals surface area contributed by atoms with Crippen LogP contribution < -0.4 is 0 Å². The number of benzene rings is 1. The minimum atomic E-state index is 0.308. The van der Waals surface area contributed by atoms with Crippen LogP contribution in [-0.4, -0.2) is 24.8 Å². The fourth-order valence-electron chi connectivity index (χ4n) is 2.35. The maximum Gasteiger partial charge on any atom is 0.234 e. The molecular weight excluding hydrogens is 270 g/mol. The molecule has 5 nitrogen and oxygen atoms in total. The molecule has 0 bridgehead atoms. The molecule has 4 aromatic rings. The standard InChI is InChI=1S/C14H13N5S/c1-8(2)12-16-17-14-19(12)18-13(20-14)10-7-15-11-6-4-3-5-9(10)11/h3-8,15H,1-2H3. The minimum absolute atomic E-state index is 0.308. The maximum absolute atomic E-state index is 4.68. The third-order valence-electron chi connectivity index (χ3n) is 3.35. The summed E-state index contributed by atoms with van der Waals surface area (Å²) in [5.74, 6) is 1.21. The van der Waals surface area contributed by atoms with E-state index >= 15 is 0 Å². The first-order valence-corrected chi connectivity index (χ1v) is 7.34. The van der Waals surface area contributed by atoms with Gasteiger partial charge in [-0.25, -0.2) is 0 Å². The molecule has 0 aliphatic carbocycles. The Labute approximate surface area is 119 Å². The first-order valence-electron chi connectivity index (χ1n) is 6.52. The van der Waals surface area contributed by atoms with Gasteiger partial charge in [-0.2, -0.15) is 9.61 Å². The summed E-state index contributed by atoms with van der Waals surface area (Å²) in [7, 11) is 0. The second-order valence-corrected chi connectivity index (χ2v) is 6.02. The molecule has 1 N–H and O–H groups in total. The van der Waals surface area contributed by atoms with Crippen LogP contribution in [-0.2, 0) is 0 Å². The second kappa shape index (κ2) is 4.14. The zero-order valence-electron chi connectivity index (χ0n) is 11.2. The number of H-pyrrole nitrogens is 1. The van der Waals surface area contributed by atoms with E-state index in [0.717, 1.165) is 26.9 Å². The van der Waals surface area contributed by atoms with Gasteiger partial charge < -0.3 is 4.98 Å². The van der Waals surface area contributed by atoms with E-state index in [4.69, 9.17) is 0 Å². The van der Waals surface area contributed by atoms with E-state index in [1.54, 1.807) is 11.3 Å². The number of hydrogen-bond acceptors (Lipinski definition) is 4. The van der Waals surface area contributed by atoms with Gasteiger partial charge in [0.05, 0.1) is 0 Å². The van der Waals surface area contributed by atoms with Crippen LogP contribution in [0.1, 0.15) is 25.6 Å². The van der Waals surface area contributed by atoms with Crippen LogP contribution >= 0.6 is 11.3 Å². The van der Waals surface area contributed by atoms with E-state index in [1.807, 2.05) is 22.8 Å². The quantitative estimate of drug-likeness (QED) is 0.613. The van der Waals surface area contributed by atoms with Crippen LogP contribution in [0.5, 0.6) is 0 Å². The molecule has 3 heterocycles. The highest BCUT2D eigenvalue weighted by Gasteiger charge is 2.16. The predicted molar refractivity (Wildman–Crippen MR) is 80.0 cm³/mol. The van der Waals surface area contributed by atoms with E-state index in [0.29, 0.717) is 5.92 Å². The average Bonchev–Trinajstić information content (AvgIpc) is 3.10. The molecule has 100 valence electrons. The third kappa shape index (κ3) is 1.58. The molecular formula is C14H13N5S. The van der Waals surface area contributed by atoms with Crippen molar-refractivity contribution in [3.05, 3.63) is 36.3 Å². The summed E-state index contributed by atoms with van der Waals surface area (Å²) in [6.45, 7) is 4.20. The van der Waals surface area contributed by atoms with Gasteiger partial charge in [0, 0.05) is 28.6 Å². The van der Waals surface area contributed by atoms with Gasteiger partial charge >= 0.3 is 0 Å². The van der Waals surface area contributed by atoms with Crippen molar-refractivity contribution in [2.75, 3.05) is 0 Å². The Morgan fingerprint density at radius 1 is 1.20 bits per heavy atom. The number of nitrogens with zero attached hydrogens (tertiary/aromatic N) is 4. The second-order valence-electron chi connectivity index (χ2n) is 5.06. The number of fused-ring (bicyclic) bond motifs is 2. The Balaban J connectivity index is 1.94. The summed E-state index contributed by atoms with van der Waals surface area (Å²) in [6.07, 6.45) is 2.01. The van der Waals surface area contributed by atoms with Gasteiger partial charge in [0.15, 0.2) is 5.82 Å². The third-order valence-corrected chi connectivity index (χ3v) is 4.28. The Hall–Kier alpha value is -2.21. The lowest BCUT2D eigenvalue weighted by molar-refractivity contribution is 0.727. The van der Waals surface area contributed by atoms with Crippen LogP contribution in [0, 0.1) is 0 Å². The molecule has 0 spiro atoms. The average molecular weight is 283 g/mol. The van der Waals surface area contributed by atoms with E-state index < -0.39 is 0 Å². The lowest BCUT2D eigenvalue weighted by atomic mass is 10.2. The summed E-state index contributed by atoms with van der Waals surface area (Å²) in [6, 6.07) is 8.24. The smallest absolute Gasteiger partial charge is 0.234 e. The summed E-state index contributed by atoms with van der Waals surface area (Å²) >= 11 is 1.57. The molecule has 1 aromatic carbocycles. The molecule has 0 saturated carbocycles. The van der Waals surface area contributed by atoms with Crippen molar-refractivity contribution >= 4 is 27.2 Å². The normalized spacial score (nSPS) is 11.9. The van der Waals surface area contributed by atoms with E-state index in [2.05, 4.69) is 46.3 Å². The molecule has 0 unspecified atom stereocenters. The first-order chi connectivity index (χ1) is 9.74. The van der Waals surface area contributed by atoms with Crippen molar-refractivity contribution in [3.63, 3.8) is 0 Å². The molecule has 3 aromatic heterocycles. The van der Waals surface area contributed by atoms with Gasteiger partial charge in [-0.05, 0) is 6.07 Å². The molecule has 4 rings (SSSR count). The number of aromatic amines is 1. The van der Waals surface area contributed by atoms with Gasteiger partial charge in [-0.1, -0.05) is 43.4 Å². The van der Waals surface area contributed by atoms with Crippen molar-refractivity contribution in [3.8, 4) is 10.6 Å². The fraction of sp³-hybridized carbons (Fsp3) is 0.214. The van der Waals surface area contributed by atoms with Gasteiger partial charge in [-0.15, -0.1) is 10.2 Å². The molecule has 0 atom stereocenters. The highest BCUT2D eigenvalue weighted by molar-refractivity contribution is 7.19. The Morgan fingerprint density at radius 2 is 2.05 bits per heavy atom. The highest BCUT2D eigenvalue weighted by atomic mass is 32.1. The molecule has 20 heavy (non-hydrogen) atoms. The van der Waals surface area contributed by atoms with Gasteiger partial charge in [0.25, 0.3) is 0 Å². The number of rotatable bonds is 2. The number of aromatic nitrogens is 5. The monoisotopic (exact) mass is 283 g/mol. The highest BCUT2D eigenvalue weighted by Crippen LogP contribution is 2.32. The number of para-hydroxylation sites is 1. The molecule has 0 fully saturated rings. The minimum Gasteiger partial charge on any atom is -0.360 e. The Kier molecular flexibility index (Phi) is 2.40. The van der Waals surface area contributed by atoms with Crippen molar-refractivity contribution in [1.82, 2.24) is 24.8 Å². The summed E-state index contributed by atoms with van der Waals surface area (Å²) in [5.41, 5.74) is 2.24. The van der Waals surface area contributed by atoms with Gasteiger partial charge in [0.2, 0.25) is 4.96 Å². The van der Waals surface area contributed by atoms with Crippen molar-refractivity contribution in [2.24, 2.45) is 0 Å². The predicted octanol–water partition coefficient (Wildman–Crippen LogP) is 3.46. The number of nitrogens with one attached hydrogen (secondary N) is 1. The van der Waals surface area contributed by atoms with Crippen LogP contribution in [0.15, 0.2) is 30.5 Å². The van der Waals surface area contributed by atoms with Crippen LogP contribution in [0.2, 0.25) is 0 Å². The van der Waals surface area contributed by atoms with Crippen molar-refractivity contribution < 1.29 is 0 Å². The fourth-order valence-corrected chi connectivity index (χ4v) is 3.23. The first kappa shape index (κ1) is 11.6. The summed E-state index contributed by atoms with van der Waals surface area (Å²) < 4.78 is 1.85. The van der Waals surface area contributed by atoms with Crippen molar-refractivity contribution in [2.45, 2.75) is 19.8 Å². The Bertz CT molecular complexity index is 899. The van der Waals surface area contributed by atoms with Gasteiger partial charge in [0.1, 0.15) is 5.01 Å². The molecule has 0 aliphatic rings. The Morgan fingerprint density at radius 3 is 2.90 bits per heavy atom. The topological polar surface area (TPSA) is 58.9 Å². The molecule has 0 radical (unpaired) electrons. The largest absolute Gasteiger partial charge is 0.360 e. The van der Waals surface area contributed by atoms with E-state index in [-0.39, 0.29) is 0 Å². The zero-order valence-corrected chi connectivity index (χ0v) is 12.0. The molecule has 0 aliphatic heterocycles. The molecule has 0 amide bonds. The zero-order chi connectivity index (χ0) is 13.7. The van der Waals surface area contributed by atoms with E-state index in [1.165, 1.54) is 5.39 Å². The van der Waals surface area contributed by atoms with Crippen molar-refractivity contribution in [1.29, 1.82) is 0 Å².